The van der Waals surface area contributed by atoms with E-state index in [1.165, 1.54) is 85.9 Å². The Kier molecular flexibility index (Phi) is 7.41. The zero-order valence-electron chi connectivity index (χ0n) is 27.7. The van der Waals surface area contributed by atoms with Gasteiger partial charge in [-0.15, -0.1) is 0 Å². The van der Waals surface area contributed by atoms with Crippen molar-refractivity contribution in [2.75, 3.05) is 0 Å². The van der Waals surface area contributed by atoms with E-state index in [9.17, 15) is 0 Å². The molecule has 10 rings (SSSR count). The van der Waals surface area contributed by atoms with Gasteiger partial charge in [0.05, 0.1) is 11.0 Å². The molecule has 0 radical (unpaired) electrons. The van der Waals surface area contributed by atoms with Crippen LogP contribution >= 0.6 is 23.5 Å². The van der Waals surface area contributed by atoms with E-state index in [1.54, 1.807) is 0 Å². The first-order valence-electron chi connectivity index (χ1n) is 17.3. The smallest absolute Gasteiger partial charge is 0.0619 e. The van der Waals surface area contributed by atoms with Gasteiger partial charge < -0.3 is 4.57 Å². The van der Waals surface area contributed by atoms with Crippen LogP contribution in [-0.2, 0) is 0 Å². The average molecular weight is 686 g/mol. The summed E-state index contributed by atoms with van der Waals surface area (Å²) in [6, 6.07) is 68.8. The van der Waals surface area contributed by atoms with Crippen molar-refractivity contribution in [1.82, 2.24) is 4.57 Å². The topological polar surface area (TPSA) is 4.93 Å². The third-order valence-electron chi connectivity index (χ3n) is 9.89. The summed E-state index contributed by atoms with van der Waals surface area (Å²) < 4.78 is 2.46. The molecule has 9 aromatic rings. The van der Waals surface area contributed by atoms with Crippen molar-refractivity contribution in [2.45, 2.75) is 19.6 Å². The van der Waals surface area contributed by atoms with Gasteiger partial charge in [-0.05, 0) is 70.3 Å². The van der Waals surface area contributed by atoms with E-state index in [1.807, 2.05) is 23.5 Å². The lowest BCUT2D eigenvalue weighted by molar-refractivity contribution is 1.18. The molecule has 240 valence electrons. The van der Waals surface area contributed by atoms with Crippen molar-refractivity contribution >= 4 is 45.3 Å². The van der Waals surface area contributed by atoms with E-state index in [0.29, 0.717) is 0 Å². The molecule has 3 heteroatoms. The number of benzene rings is 8. The summed E-state index contributed by atoms with van der Waals surface area (Å²) in [7, 11) is 0. The van der Waals surface area contributed by atoms with Crippen molar-refractivity contribution in [1.29, 1.82) is 0 Å². The number of para-hydroxylation sites is 3. The maximum atomic E-state index is 2.46. The summed E-state index contributed by atoms with van der Waals surface area (Å²) in [6.45, 7) is 0. The third kappa shape index (κ3) is 5.04. The Hall–Kier alpha value is -5.74. The number of hydrogen-bond acceptors (Lipinski definition) is 2. The van der Waals surface area contributed by atoms with Crippen LogP contribution < -0.4 is 0 Å². The summed E-state index contributed by atoms with van der Waals surface area (Å²) in [6.07, 6.45) is 0. The Morgan fingerprint density at radius 1 is 0.314 bits per heavy atom. The molecule has 0 spiro atoms. The molecule has 0 aliphatic carbocycles. The van der Waals surface area contributed by atoms with Gasteiger partial charge in [0.1, 0.15) is 0 Å². The second kappa shape index (κ2) is 12.5. The SMILES string of the molecule is c1ccc(-c2cccc3c2-c2c(cccc2-c2cccc4c5ccccc5n(-c5ccccc5)c24)Sc2ccccc2-c2ccccc2S3)cc1. The predicted molar refractivity (Wildman–Crippen MR) is 217 cm³/mol. The monoisotopic (exact) mass is 685 g/mol. The van der Waals surface area contributed by atoms with Crippen molar-refractivity contribution in [3.8, 4) is 50.2 Å². The molecular formula is C48H31NS2. The lowest BCUT2D eigenvalue weighted by Crippen LogP contribution is -1.99. The fourth-order valence-corrected chi connectivity index (χ4v) is 9.97. The molecule has 0 fully saturated rings. The van der Waals surface area contributed by atoms with Crippen LogP contribution in [0, 0.1) is 0 Å². The van der Waals surface area contributed by atoms with E-state index >= 15 is 0 Å². The van der Waals surface area contributed by atoms with Crippen molar-refractivity contribution in [3.63, 3.8) is 0 Å². The van der Waals surface area contributed by atoms with Crippen LogP contribution in [0.3, 0.4) is 0 Å². The predicted octanol–water partition coefficient (Wildman–Crippen LogP) is 14.1. The Balaban J connectivity index is 1.35. The fourth-order valence-electron chi connectivity index (χ4n) is 7.71. The minimum Gasteiger partial charge on any atom is -0.309 e. The number of fused-ring (bicyclic) bond motifs is 9. The molecule has 0 unspecified atom stereocenters. The van der Waals surface area contributed by atoms with Gasteiger partial charge in [0.2, 0.25) is 0 Å². The van der Waals surface area contributed by atoms with Crippen LogP contribution in [0.2, 0.25) is 0 Å². The van der Waals surface area contributed by atoms with E-state index < -0.39 is 0 Å². The van der Waals surface area contributed by atoms with Gasteiger partial charge in [0.25, 0.3) is 0 Å². The molecule has 1 nitrogen and oxygen atoms in total. The Morgan fingerprint density at radius 3 is 1.49 bits per heavy atom. The fraction of sp³-hybridized carbons (Fsp3) is 0. The molecule has 1 aliphatic rings. The van der Waals surface area contributed by atoms with Gasteiger partial charge in [0, 0.05) is 52.7 Å². The molecule has 0 amide bonds. The second-order valence-corrected chi connectivity index (χ2v) is 15.0. The summed E-state index contributed by atoms with van der Waals surface area (Å²) in [5.74, 6) is 0. The molecule has 0 saturated heterocycles. The van der Waals surface area contributed by atoms with E-state index in [2.05, 4.69) is 193 Å². The third-order valence-corrected chi connectivity index (χ3v) is 12.2. The zero-order chi connectivity index (χ0) is 33.7. The van der Waals surface area contributed by atoms with Crippen LogP contribution in [0.1, 0.15) is 0 Å². The van der Waals surface area contributed by atoms with Crippen LogP contribution in [0.15, 0.2) is 208 Å². The lowest BCUT2D eigenvalue weighted by atomic mass is 9.88. The van der Waals surface area contributed by atoms with Crippen molar-refractivity contribution in [3.05, 3.63) is 188 Å². The molecule has 0 N–H and O–H groups in total. The molecule has 8 aromatic carbocycles. The lowest BCUT2D eigenvalue weighted by Gasteiger charge is -2.24. The quantitative estimate of drug-likeness (QED) is 0.182. The Bertz CT molecular complexity index is 2740. The summed E-state index contributed by atoms with van der Waals surface area (Å²) in [5.41, 5.74) is 13.5. The molecule has 2 heterocycles. The van der Waals surface area contributed by atoms with Gasteiger partial charge in [-0.1, -0.05) is 169 Å². The van der Waals surface area contributed by atoms with Crippen LogP contribution in [-0.4, -0.2) is 4.57 Å². The van der Waals surface area contributed by atoms with Gasteiger partial charge in [-0.25, -0.2) is 0 Å². The number of nitrogens with zero attached hydrogens (tertiary/aromatic N) is 1. The standard InChI is InChI=1S/C48H31NS2/c1-3-16-32(17-4-1)34-23-14-30-44-46(34)47-38(24-15-31-45(47)51-43-29-12-9-22-37(43)36-21-8-11-28-42(36)50-44)40-26-13-25-39-35-20-7-10-27-41(35)49(48(39)40)33-18-5-2-6-19-33/h1-31H. The van der Waals surface area contributed by atoms with Crippen molar-refractivity contribution in [2.24, 2.45) is 0 Å². The minimum atomic E-state index is 1.16. The summed E-state index contributed by atoms with van der Waals surface area (Å²) in [5, 5.41) is 2.51. The van der Waals surface area contributed by atoms with Crippen LogP contribution in [0.4, 0.5) is 0 Å². The Labute approximate surface area is 306 Å². The molecule has 0 saturated carbocycles. The zero-order valence-corrected chi connectivity index (χ0v) is 29.3. The number of aromatic nitrogens is 1. The minimum absolute atomic E-state index is 1.16. The van der Waals surface area contributed by atoms with E-state index in [4.69, 9.17) is 0 Å². The highest BCUT2D eigenvalue weighted by Crippen LogP contribution is 2.54. The highest BCUT2D eigenvalue weighted by Gasteiger charge is 2.26. The largest absolute Gasteiger partial charge is 0.309 e. The van der Waals surface area contributed by atoms with Gasteiger partial charge in [-0.3, -0.25) is 0 Å². The van der Waals surface area contributed by atoms with E-state index in [-0.39, 0.29) is 0 Å². The maximum Gasteiger partial charge on any atom is 0.0619 e. The first-order valence-corrected chi connectivity index (χ1v) is 18.9. The summed E-state index contributed by atoms with van der Waals surface area (Å²) in [4.78, 5) is 4.99. The van der Waals surface area contributed by atoms with Gasteiger partial charge in [0.15, 0.2) is 0 Å². The molecular weight excluding hydrogens is 655 g/mol. The highest BCUT2D eigenvalue weighted by atomic mass is 32.2. The van der Waals surface area contributed by atoms with Crippen molar-refractivity contribution < 1.29 is 0 Å². The molecule has 0 atom stereocenters. The molecule has 1 aliphatic heterocycles. The average Bonchev–Trinajstić information content (AvgIpc) is 3.54. The normalized spacial score (nSPS) is 12.2. The van der Waals surface area contributed by atoms with Crippen LogP contribution in [0.5, 0.6) is 0 Å². The van der Waals surface area contributed by atoms with Gasteiger partial charge >= 0.3 is 0 Å². The number of hydrogen-bond donors (Lipinski definition) is 0. The number of rotatable bonds is 3. The first kappa shape index (κ1) is 30.1. The molecule has 1 aromatic heterocycles. The Morgan fingerprint density at radius 2 is 0.784 bits per heavy atom. The second-order valence-electron chi connectivity index (χ2n) is 12.8. The summed E-state index contributed by atoms with van der Waals surface area (Å²) >= 11 is 3.75. The van der Waals surface area contributed by atoms with E-state index in [0.717, 1.165) is 5.69 Å². The molecule has 51 heavy (non-hydrogen) atoms. The molecule has 0 bridgehead atoms. The maximum absolute atomic E-state index is 2.46. The van der Waals surface area contributed by atoms with Gasteiger partial charge in [-0.2, -0.15) is 0 Å². The highest BCUT2D eigenvalue weighted by molar-refractivity contribution is 8.00. The first-order chi connectivity index (χ1) is 25.3. The van der Waals surface area contributed by atoms with Crippen LogP contribution in [0.25, 0.3) is 72.0 Å².